The van der Waals surface area contributed by atoms with Crippen LogP contribution in [0.15, 0.2) is 174 Å². The van der Waals surface area contributed by atoms with Crippen LogP contribution in [-0.2, 0) is 0 Å². The number of hydrogen-bond donors (Lipinski definition) is 0. The molecule has 5 heteroatoms. The van der Waals surface area contributed by atoms with Crippen LogP contribution >= 0.6 is 0 Å². The van der Waals surface area contributed by atoms with E-state index < -0.39 is 0 Å². The molecule has 0 atom stereocenters. The van der Waals surface area contributed by atoms with Gasteiger partial charge in [0.25, 0.3) is 0 Å². The molecule has 7 aromatic carbocycles. The Kier molecular flexibility index (Phi) is 5.89. The summed E-state index contributed by atoms with van der Waals surface area (Å²) in [5, 5.41) is 6.94. The number of fused-ring (bicyclic) bond motifs is 10. The average Bonchev–Trinajstić information content (AvgIpc) is 3.86. The summed E-state index contributed by atoms with van der Waals surface area (Å²) in [5.74, 6) is 1.46. The van der Waals surface area contributed by atoms with Crippen molar-refractivity contribution in [2.75, 3.05) is 0 Å². The van der Waals surface area contributed by atoms with Crippen LogP contribution in [0.3, 0.4) is 0 Å². The highest BCUT2D eigenvalue weighted by atomic mass is 16.3. The van der Waals surface area contributed by atoms with Crippen molar-refractivity contribution >= 4 is 65.6 Å². The summed E-state index contributed by atoms with van der Waals surface area (Å²) >= 11 is 0. The van der Waals surface area contributed by atoms with Crippen LogP contribution in [0, 0.1) is 0 Å². The molecule has 4 heterocycles. The first-order valence-electron chi connectivity index (χ1n) is 17.2. The number of rotatable bonds is 4. The van der Waals surface area contributed by atoms with Crippen molar-refractivity contribution in [1.29, 1.82) is 0 Å². The molecule has 0 saturated carbocycles. The van der Waals surface area contributed by atoms with Gasteiger partial charge in [0.1, 0.15) is 17.0 Å². The molecule has 0 saturated heterocycles. The van der Waals surface area contributed by atoms with Gasteiger partial charge in [-0.05, 0) is 42.5 Å². The van der Waals surface area contributed by atoms with Gasteiger partial charge >= 0.3 is 0 Å². The fourth-order valence-electron chi connectivity index (χ4n) is 7.88. The minimum atomic E-state index is 0.662. The third-order valence-electron chi connectivity index (χ3n) is 10.1. The van der Waals surface area contributed by atoms with Crippen molar-refractivity contribution in [3.8, 4) is 34.2 Å². The SMILES string of the molecule is c1ccc(-c2nc(-c3ccc4c(c3)oc3ccccc34)cc(-n3c4ccccc4c4ccc5c6ccccc6n(-c6ccccc6)c5c43)n2)cc1. The minimum absolute atomic E-state index is 0.662. The summed E-state index contributed by atoms with van der Waals surface area (Å²) in [6.07, 6.45) is 0. The molecule has 11 rings (SSSR count). The molecule has 5 nitrogen and oxygen atoms in total. The zero-order chi connectivity index (χ0) is 33.5. The smallest absolute Gasteiger partial charge is 0.162 e. The molecule has 0 unspecified atom stereocenters. The van der Waals surface area contributed by atoms with Gasteiger partial charge < -0.3 is 8.98 Å². The van der Waals surface area contributed by atoms with E-state index in [1.54, 1.807) is 0 Å². The zero-order valence-corrected chi connectivity index (χ0v) is 27.4. The van der Waals surface area contributed by atoms with Crippen LogP contribution in [0.1, 0.15) is 0 Å². The molecule has 0 aliphatic rings. The maximum Gasteiger partial charge on any atom is 0.162 e. The molecule has 0 amide bonds. The van der Waals surface area contributed by atoms with E-state index >= 15 is 0 Å². The molecule has 4 aromatic heterocycles. The lowest BCUT2D eigenvalue weighted by molar-refractivity contribution is 0.669. The van der Waals surface area contributed by atoms with Crippen molar-refractivity contribution < 1.29 is 4.42 Å². The first-order chi connectivity index (χ1) is 25.3. The Hall–Kier alpha value is -6.98. The molecular formula is C46H28N4O. The Morgan fingerprint density at radius 1 is 0.392 bits per heavy atom. The van der Waals surface area contributed by atoms with Gasteiger partial charge in [0.2, 0.25) is 0 Å². The minimum Gasteiger partial charge on any atom is -0.456 e. The van der Waals surface area contributed by atoms with Crippen molar-refractivity contribution in [2.45, 2.75) is 0 Å². The highest BCUT2D eigenvalue weighted by Gasteiger charge is 2.23. The Morgan fingerprint density at radius 3 is 1.71 bits per heavy atom. The maximum absolute atomic E-state index is 6.33. The van der Waals surface area contributed by atoms with E-state index in [2.05, 4.69) is 143 Å². The number of nitrogens with zero attached hydrogens (tertiary/aromatic N) is 4. The third kappa shape index (κ3) is 4.15. The van der Waals surface area contributed by atoms with Crippen LogP contribution in [-0.4, -0.2) is 19.1 Å². The molecule has 51 heavy (non-hydrogen) atoms. The second-order valence-electron chi connectivity index (χ2n) is 13.0. The van der Waals surface area contributed by atoms with Gasteiger partial charge in [-0.25, -0.2) is 9.97 Å². The monoisotopic (exact) mass is 652 g/mol. The second kappa shape index (κ2) is 10.8. The van der Waals surface area contributed by atoms with Gasteiger partial charge in [-0.15, -0.1) is 0 Å². The molecule has 0 aliphatic heterocycles. The predicted molar refractivity (Wildman–Crippen MR) is 209 cm³/mol. The largest absolute Gasteiger partial charge is 0.456 e. The Labute approximate surface area is 292 Å². The number of furan rings is 1. The summed E-state index contributed by atoms with van der Waals surface area (Å²) in [6, 6.07) is 59.4. The quantitative estimate of drug-likeness (QED) is 0.190. The summed E-state index contributed by atoms with van der Waals surface area (Å²) in [4.78, 5) is 10.5. The molecule has 0 bridgehead atoms. The van der Waals surface area contributed by atoms with E-state index in [1.165, 1.54) is 21.5 Å². The summed E-state index contributed by atoms with van der Waals surface area (Å²) in [7, 11) is 0. The highest BCUT2D eigenvalue weighted by Crippen LogP contribution is 2.42. The van der Waals surface area contributed by atoms with E-state index in [1.807, 2.05) is 36.4 Å². The zero-order valence-electron chi connectivity index (χ0n) is 27.4. The van der Waals surface area contributed by atoms with E-state index in [0.717, 1.165) is 72.3 Å². The number of hydrogen-bond acceptors (Lipinski definition) is 3. The van der Waals surface area contributed by atoms with Gasteiger partial charge in [-0.2, -0.15) is 0 Å². The summed E-state index contributed by atoms with van der Waals surface area (Å²) < 4.78 is 11.1. The maximum atomic E-state index is 6.33. The lowest BCUT2D eigenvalue weighted by atomic mass is 10.1. The fourth-order valence-corrected chi connectivity index (χ4v) is 7.88. The molecule has 0 fully saturated rings. The molecular weight excluding hydrogens is 625 g/mol. The van der Waals surface area contributed by atoms with Crippen LogP contribution in [0.2, 0.25) is 0 Å². The van der Waals surface area contributed by atoms with Crippen LogP contribution < -0.4 is 0 Å². The first kappa shape index (κ1) is 27.9. The van der Waals surface area contributed by atoms with Crippen molar-refractivity contribution in [2.24, 2.45) is 0 Å². The molecule has 238 valence electrons. The number of aromatic nitrogens is 4. The second-order valence-corrected chi connectivity index (χ2v) is 13.0. The van der Waals surface area contributed by atoms with Crippen LogP contribution in [0.5, 0.6) is 0 Å². The normalized spacial score (nSPS) is 11.9. The van der Waals surface area contributed by atoms with E-state index in [9.17, 15) is 0 Å². The van der Waals surface area contributed by atoms with Crippen molar-refractivity contribution in [1.82, 2.24) is 19.1 Å². The average molecular weight is 653 g/mol. The van der Waals surface area contributed by atoms with E-state index in [-0.39, 0.29) is 0 Å². The highest BCUT2D eigenvalue weighted by molar-refractivity contribution is 6.23. The molecule has 0 aliphatic carbocycles. The van der Waals surface area contributed by atoms with Gasteiger partial charge in [-0.3, -0.25) is 4.57 Å². The van der Waals surface area contributed by atoms with Crippen molar-refractivity contribution in [3.05, 3.63) is 170 Å². The third-order valence-corrected chi connectivity index (χ3v) is 10.1. The van der Waals surface area contributed by atoms with Gasteiger partial charge in [0.15, 0.2) is 5.82 Å². The Balaban J connectivity index is 1.27. The Bertz CT molecular complexity index is 3130. The van der Waals surface area contributed by atoms with Crippen LogP contribution in [0.25, 0.3) is 99.7 Å². The standard InChI is InChI=1S/C46H28N4O/c1-3-13-29(14-4-1)46-47-38(30-23-24-35-34-19-9-12-22-41(34)51-42(35)27-30)28-43(48-46)50-40-21-11-8-18-33(40)37-26-25-36-32-17-7-10-20-39(32)49(44(36)45(37)50)31-15-5-2-6-16-31/h1-28H. The lowest BCUT2D eigenvalue weighted by Gasteiger charge is -2.14. The number of benzene rings is 7. The van der Waals surface area contributed by atoms with E-state index in [4.69, 9.17) is 14.4 Å². The predicted octanol–water partition coefficient (Wildman–Crippen LogP) is 11.9. The first-order valence-corrected chi connectivity index (χ1v) is 17.2. The molecule has 0 radical (unpaired) electrons. The summed E-state index contributed by atoms with van der Waals surface area (Å²) in [6.45, 7) is 0. The van der Waals surface area contributed by atoms with Gasteiger partial charge in [0.05, 0.1) is 27.8 Å². The molecule has 0 N–H and O–H groups in total. The molecule has 0 spiro atoms. The van der Waals surface area contributed by atoms with Gasteiger partial charge in [0, 0.05) is 55.2 Å². The Morgan fingerprint density at radius 2 is 0.961 bits per heavy atom. The topological polar surface area (TPSA) is 48.8 Å². The van der Waals surface area contributed by atoms with Crippen LogP contribution in [0.4, 0.5) is 0 Å². The van der Waals surface area contributed by atoms with Crippen molar-refractivity contribution in [3.63, 3.8) is 0 Å². The summed E-state index contributed by atoms with van der Waals surface area (Å²) in [5.41, 5.74) is 10.1. The van der Waals surface area contributed by atoms with Gasteiger partial charge in [-0.1, -0.05) is 121 Å². The van der Waals surface area contributed by atoms with E-state index in [0.29, 0.717) is 5.82 Å². The number of para-hydroxylation sites is 4. The lowest BCUT2D eigenvalue weighted by Crippen LogP contribution is -2.04. The molecule has 11 aromatic rings. The fraction of sp³-hybridized carbons (Fsp3) is 0.